The summed E-state index contributed by atoms with van der Waals surface area (Å²) in [5.41, 5.74) is 4.17. The molecule has 6 rings (SSSR count). The monoisotopic (exact) mass is 712 g/mol. The topological polar surface area (TPSA) is 181 Å². The Morgan fingerprint density at radius 1 is 1.16 bits per heavy atom. The molecule has 0 radical (unpaired) electrons. The van der Waals surface area contributed by atoms with Crippen molar-refractivity contribution in [2.24, 2.45) is 5.92 Å². The van der Waals surface area contributed by atoms with E-state index in [1.54, 1.807) is 20.1 Å². The van der Waals surface area contributed by atoms with Crippen LogP contribution in [0, 0.1) is 12.8 Å². The molecule has 1 aromatic carbocycles. The summed E-state index contributed by atoms with van der Waals surface area (Å²) in [6, 6.07) is 3.89. The van der Waals surface area contributed by atoms with Gasteiger partial charge in [0.15, 0.2) is 6.04 Å². The van der Waals surface area contributed by atoms with Crippen LogP contribution < -0.4 is 30.0 Å². The molecule has 14 heteroatoms. The SMILES string of the molecule is COc1ccc2c(OC3CC4C(=O)NC5(C(=O)NS(=O)(=O)C6(C)CC6)CC5C=CCCCCCC([NH3+])C(=O)N4C3)cc(OC(C)C)nc2c1C. The Kier molecular flexibility index (Phi) is 9.81. The molecule has 3 heterocycles. The number of quaternary nitrogens is 1. The van der Waals surface area contributed by atoms with Gasteiger partial charge in [-0.25, -0.2) is 13.4 Å². The van der Waals surface area contributed by atoms with Gasteiger partial charge in [-0.3, -0.25) is 19.1 Å². The molecular formula is C36H50N5O8S+. The van der Waals surface area contributed by atoms with Crippen molar-refractivity contribution in [3.05, 3.63) is 35.9 Å². The first-order valence-electron chi connectivity index (χ1n) is 17.7. The lowest BCUT2D eigenvalue weighted by Crippen LogP contribution is -2.69. The second-order valence-corrected chi connectivity index (χ2v) is 17.0. The number of nitrogens with zero attached hydrogens (tertiary/aromatic N) is 2. The number of pyridine rings is 1. The lowest BCUT2D eigenvalue weighted by Gasteiger charge is -2.27. The van der Waals surface area contributed by atoms with Crippen LogP contribution in [-0.2, 0) is 24.4 Å². The number of fused-ring (bicyclic) bond motifs is 3. The average Bonchev–Trinajstić information content (AvgIpc) is 3.94. The van der Waals surface area contributed by atoms with Crippen molar-refractivity contribution in [3.63, 3.8) is 0 Å². The predicted molar refractivity (Wildman–Crippen MR) is 186 cm³/mol. The molecule has 50 heavy (non-hydrogen) atoms. The molecule has 4 aliphatic rings. The highest BCUT2D eigenvalue weighted by Gasteiger charge is 2.63. The summed E-state index contributed by atoms with van der Waals surface area (Å²) < 4.78 is 45.5. The lowest BCUT2D eigenvalue weighted by molar-refractivity contribution is -0.407. The van der Waals surface area contributed by atoms with Gasteiger partial charge in [0, 0.05) is 35.8 Å². The number of nitrogens with one attached hydrogen (secondary N) is 2. The number of hydrogen-bond donors (Lipinski definition) is 3. The Morgan fingerprint density at radius 3 is 2.62 bits per heavy atom. The van der Waals surface area contributed by atoms with Crippen molar-refractivity contribution in [1.29, 1.82) is 0 Å². The van der Waals surface area contributed by atoms with Gasteiger partial charge in [0.2, 0.25) is 21.8 Å². The van der Waals surface area contributed by atoms with E-state index in [0.717, 1.165) is 36.6 Å². The van der Waals surface area contributed by atoms with Crippen LogP contribution in [0.4, 0.5) is 0 Å². The Morgan fingerprint density at radius 2 is 1.92 bits per heavy atom. The Labute approximate surface area is 293 Å². The summed E-state index contributed by atoms with van der Waals surface area (Å²) in [5.74, 6) is -0.388. The summed E-state index contributed by atoms with van der Waals surface area (Å²) in [4.78, 5) is 48.1. The van der Waals surface area contributed by atoms with Crippen molar-refractivity contribution in [2.45, 2.75) is 120 Å². The molecule has 1 saturated heterocycles. The smallest absolute Gasteiger partial charge is 0.281 e. The number of sulfonamides is 1. The fraction of sp³-hybridized carbons (Fsp3) is 0.611. The third-order valence-electron chi connectivity index (χ3n) is 10.6. The second kappa shape index (κ2) is 13.7. The third kappa shape index (κ3) is 7.01. The summed E-state index contributed by atoms with van der Waals surface area (Å²) in [6.07, 6.45) is 8.49. The van der Waals surface area contributed by atoms with Crippen LogP contribution in [0.25, 0.3) is 10.9 Å². The zero-order valence-electron chi connectivity index (χ0n) is 29.6. The quantitative estimate of drug-likeness (QED) is 0.347. The Bertz CT molecular complexity index is 1810. The van der Waals surface area contributed by atoms with Gasteiger partial charge in [-0.15, -0.1) is 0 Å². The fourth-order valence-corrected chi connectivity index (χ4v) is 8.36. The maximum atomic E-state index is 14.2. The van der Waals surface area contributed by atoms with Gasteiger partial charge in [0.1, 0.15) is 29.2 Å². The zero-order chi connectivity index (χ0) is 36.0. The number of ether oxygens (including phenoxy) is 3. The molecule has 272 valence electrons. The largest absolute Gasteiger partial charge is 0.496 e. The summed E-state index contributed by atoms with van der Waals surface area (Å²) in [5, 5.41) is 3.65. The molecule has 0 bridgehead atoms. The number of aromatic nitrogens is 1. The van der Waals surface area contributed by atoms with Gasteiger partial charge in [0.05, 0.1) is 30.0 Å². The molecule has 5 atom stereocenters. The highest BCUT2D eigenvalue weighted by molar-refractivity contribution is 7.91. The molecule has 2 saturated carbocycles. The molecule has 5 unspecified atom stereocenters. The minimum Gasteiger partial charge on any atom is -0.496 e. The van der Waals surface area contributed by atoms with Crippen LogP contribution >= 0.6 is 0 Å². The number of hydrogen-bond acceptors (Lipinski definition) is 9. The van der Waals surface area contributed by atoms with Crippen LogP contribution in [0.5, 0.6) is 17.4 Å². The number of benzene rings is 1. The Balaban J connectivity index is 1.31. The molecule has 1 aromatic heterocycles. The van der Waals surface area contributed by atoms with Crippen molar-refractivity contribution < 1.29 is 42.7 Å². The maximum absolute atomic E-state index is 14.2. The first kappa shape index (κ1) is 35.9. The van der Waals surface area contributed by atoms with E-state index in [4.69, 9.17) is 19.2 Å². The van der Waals surface area contributed by atoms with Crippen LogP contribution in [0.3, 0.4) is 0 Å². The first-order chi connectivity index (χ1) is 23.7. The normalized spacial score (nSPS) is 28.2. The van der Waals surface area contributed by atoms with Crippen LogP contribution in [0.1, 0.15) is 84.1 Å². The van der Waals surface area contributed by atoms with E-state index in [9.17, 15) is 22.8 Å². The molecule has 3 fully saturated rings. The molecule has 2 aliphatic heterocycles. The van der Waals surface area contributed by atoms with E-state index in [2.05, 4.69) is 15.8 Å². The van der Waals surface area contributed by atoms with Crippen LogP contribution in [0.2, 0.25) is 0 Å². The number of carbonyl (C=O) groups excluding carboxylic acids is 3. The van der Waals surface area contributed by atoms with Gasteiger partial charge in [-0.05, 0) is 78.4 Å². The first-order valence-corrected chi connectivity index (χ1v) is 19.2. The molecular weight excluding hydrogens is 662 g/mol. The highest BCUT2D eigenvalue weighted by Crippen LogP contribution is 2.47. The predicted octanol–water partition coefficient (Wildman–Crippen LogP) is 2.69. The van der Waals surface area contributed by atoms with E-state index in [1.165, 1.54) is 4.90 Å². The highest BCUT2D eigenvalue weighted by atomic mass is 32.2. The van der Waals surface area contributed by atoms with Gasteiger partial charge < -0.3 is 30.2 Å². The number of amides is 3. The lowest BCUT2D eigenvalue weighted by atomic mass is 10.1. The van der Waals surface area contributed by atoms with Crippen molar-refractivity contribution in [1.82, 2.24) is 19.9 Å². The van der Waals surface area contributed by atoms with Gasteiger partial charge in [-0.1, -0.05) is 18.6 Å². The number of carbonyl (C=O) groups is 3. The molecule has 2 aromatic rings. The van der Waals surface area contributed by atoms with E-state index < -0.39 is 50.3 Å². The second-order valence-electron chi connectivity index (χ2n) is 14.8. The van der Waals surface area contributed by atoms with Gasteiger partial charge >= 0.3 is 0 Å². The molecule has 2 aliphatic carbocycles. The van der Waals surface area contributed by atoms with Crippen LogP contribution in [0.15, 0.2) is 30.4 Å². The maximum Gasteiger partial charge on any atom is 0.281 e. The number of rotatable bonds is 8. The third-order valence-corrected chi connectivity index (χ3v) is 12.7. The van der Waals surface area contributed by atoms with E-state index in [1.807, 2.05) is 45.1 Å². The minimum atomic E-state index is -3.93. The number of allylic oxidation sites excluding steroid dienone is 1. The van der Waals surface area contributed by atoms with Crippen LogP contribution in [-0.4, -0.2) is 84.3 Å². The van der Waals surface area contributed by atoms with E-state index >= 15 is 0 Å². The zero-order valence-corrected chi connectivity index (χ0v) is 30.4. The van der Waals surface area contributed by atoms with Crippen molar-refractivity contribution >= 4 is 38.6 Å². The minimum absolute atomic E-state index is 0.123. The van der Waals surface area contributed by atoms with Crippen molar-refractivity contribution in [3.8, 4) is 17.4 Å². The Hall–Kier alpha value is -3.91. The fourth-order valence-electron chi connectivity index (χ4n) is 7.05. The van der Waals surface area contributed by atoms with E-state index in [0.29, 0.717) is 42.2 Å². The summed E-state index contributed by atoms with van der Waals surface area (Å²) in [7, 11) is -2.34. The molecule has 3 amide bonds. The van der Waals surface area contributed by atoms with Gasteiger partial charge in [-0.2, -0.15) is 0 Å². The molecule has 5 N–H and O–H groups in total. The standard InChI is InChI=1S/C36H49N5O8S/c1-21(2)48-30-18-29(25-13-14-28(47-5)22(3)31(25)38-30)49-24-17-27-32(42)39-36(34(44)40-50(45,46)35(4)15-16-35)19-23(36)11-9-7-6-8-10-12-26(37)33(43)41(27)20-24/h9,11,13-14,18,21,23-24,26-27H,6-8,10,12,15-17,19-20,37H2,1-5H3,(H,39,42)(H,40,44)/p+1. The number of methoxy groups -OCH3 is 1. The van der Waals surface area contributed by atoms with E-state index in [-0.39, 0.29) is 37.3 Å². The summed E-state index contributed by atoms with van der Waals surface area (Å²) in [6.45, 7) is 7.45. The average molecular weight is 713 g/mol. The molecule has 0 spiro atoms. The number of aryl methyl sites for hydroxylation is 1. The van der Waals surface area contributed by atoms with Gasteiger partial charge in [0.25, 0.3) is 11.8 Å². The van der Waals surface area contributed by atoms with Crippen molar-refractivity contribution in [2.75, 3.05) is 13.7 Å². The molecule has 13 nitrogen and oxygen atoms in total. The summed E-state index contributed by atoms with van der Waals surface area (Å²) >= 11 is 0.